The summed E-state index contributed by atoms with van der Waals surface area (Å²) in [6, 6.07) is 6.48. The van der Waals surface area contributed by atoms with Crippen molar-refractivity contribution in [1.29, 1.82) is 0 Å². The molecule has 2 fully saturated rings. The van der Waals surface area contributed by atoms with Crippen LogP contribution in [-0.2, 0) is 6.54 Å². The molecule has 2 saturated carbocycles. The van der Waals surface area contributed by atoms with E-state index in [2.05, 4.69) is 25.8 Å². The number of rotatable bonds is 3. The Morgan fingerprint density at radius 3 is 2.92 bits per heavy atom. The van der Waals surface area contributed by atoms with Crippen LogP contribution in [0.5, 0.6) is 0 Å². The second-order valence-corrected chi connectivity index (χ2v) is 7.43. The molecule has 2 aliphatic carbocycles. The molecule has 2 aromatic rings. The first-order valence-corrected chi connectivity index (χ1v) is 9.59. The zero-order valence-corrected chi connectivity index (χ0v) is 15.0. The first kappa shape index (κ1) is 16.4. The summed E-state index contributed by atoms with van der Waals surface area (Å²) in [6.07, 6.45) is 11.6. The molecule has 0 spiro atoms. The average Bonchev–Trinajstić information content (AvgIpc) is 3.08. The van der Waals surface area contributed by atoms with Gasteiger partial charge in [0.05, 0.1) is 6.54 Å². The molecule has 6 nitrogen and oxygen atoms in total. The molecular weight excluding hydrogens is 312 g/mol. The van der Waals surface area contributed by atoms with Crippen molar-refractivity contribution in [3.8, 4) is 0 Å². The first-order valence-electron chi connectivity index (χ1n) is 9.59. The van der Waals surface area contributed by atoms with Crippen molar-refractivity contribution >= 4 is 11.6 Å². The molecule has 0 radical (unpaired) electrons. The van der Waals surface area contributed by atoms with Gasteiger partial charge in [0.1, 0.15) is 0 Å². The Hall–Kier alpha value is -2.11. The second kappa shape index (κ2) is 7.42. The Kier molecular flexibility index (Phi) is 4.85. The average molecular weight is 340 g/mol. The van der Waals surface area contributed by atoms with Crippen molar-refractivity contribution in [2.75, 3.05) is 7.05 Å². The van der Waals surface area contributed by atoms with Crippen LogP contribution in [0.25, 0.3) is 5.65 Å². The largest absolute Gasteiger partial charge is 0.354 e. The highest BCUT2D eigenvalue weighted by atomic mass is 15.3. The van der Waals surface area contributed by atoms with Gasteiger partial charge in [-0.2, -0.15) is 0 Å². The number of nitrogens with one attached hydrogen (secondary N) is 2. The van der Waals surface area contributed by atoms with Crippen LogP contribution in [0, 0.1) is 11.8 Å². The normalized spacial score (nSPS) is 27.1. The molecule has 4 rings (SSSR count). The van der Waals surface area contributed by atoms with Crippen molar-refractivity contribution in [1.82, 2.24) is 25.2 Å². The van der Waals surface area contributed by atoms with E-state index < -0.39 is 0 Å². The van der Waals surface area contributed by atoms with Gasteiger partial charge < -0.3 is 10.6 Å². The third kappa shape index (κ3) is 3.62. The topological polar surface area (TPSA) is 66.6 Å². The number of hydrogen-bond donors (Lipinski definition) is 2. The fourth-order valence-corrected chi connectivity index (χ4v) is 4.57. The van der Waals surface area contributed by atoms with Gasteiger partial charge in [0.15, 0.2) is 17.4 Å². The van der Waals surface area contributed by atoms with E-state index in [9.17, 15) is 0 Å². The number of hydrogen-bond acceptors (Lipinski definition) is 3. The quantitative estimate of drug-likeness (QED) is 0.666. The van der Waals surface area contributed by atoms with Crippen molar-refractivity contribution in [2.45, 2.75) is 57.5 Å². The predicted octanol–water partition coefficient (Wildman–Crippen LogP) is 2.75. The molecule has 2 N–H and O–H groups in total. The minimum absolute atomic E-state index is 0.542. The Balaban J connectivity index is 1.33. The highest BCUT2D eigenvalue weighted by molar-refractivity contribution is 5.79. The number of fused-ring (bicyclic) bond motifs is 2. The second-order valence-electron chi connectivity index (χ2n) is 7.43. The molecule has 25 heavy (non-hydrogen) atoms. The van der Waals surface area contributed by atoms with E-state index in [1.807, 2.05) is 35.8 Å². The molecule has 6 heteroatoms. The third-order valence-corrected chi connectivity index (χ3v) is 5.90. The van der Waals surface area contributed by atoms with Crippen LogP contribution in [0.15, 0.2) is 29.4 Å². The lowest BCUT2D eigenvalue weighted by Gasteiger charge is -2.39. The molecular formula is C19H28N6. The lowest BCUT2D eigenvalue weighted by Crippen LogP contribution is -2.46. The van der Waals surface area contributed by atoms with Gasteiger partial charge in [-0.25, -0.2) is 0 Å². The predicted molar refractivity (Wildman–Crippen MR) is 99.4 cm³/mol. The molecule has 0 amide bonds. The van der Waals surface area contributed by atoms with Crippen LogP contribution in [0.4, 0.5) is 0 Å². The number of nitrogens with zero attached hydrogens (tertiary/aromatic N) is 4. The molecule has 0 saturated heterocycles. The van der Waals surface area contributed by atoms with E-state index in [0.29, 0.717) is 12.6 Å². The van der Waals surface area contributed by atoms with Crippen LogP contribution >= 0.6 is 0 Å². The Morgan fingerprint density at radius 1 is 1.16 bits per heavy atom. The van der Waals surface area contributed by atoms with Crippen LogP contribution in [0.2, 0.25) is 0 Å². The van der Waals surface area contributed by atoms with Crippen molar-refractivity contribution < 1.29 is 0 Å². The van der Waals surface area contributed by atoms with Gasteiger partial charge in [-0.1, -0.05) is 31.7 Å². The summed E-state index contributed by atoms with van der Waals surface area (Å²) < 4.78 is 2.01. The Bertz CT molecular complexity index is 736. The van der Waals surface area contributed by atoms with Crippen LogP contribution in [0.1, 0.15) is 50.8 Å². The van der Waals surface area contributed by atoms with E-state index in [1.165, 1.54) is 44.9 Å². The maximum atomic E-state index is 4.40. The van der Waals surface area contributed by atoms with Gasteiger partial charge in [-0.3, -0.25) is 9.39 Å². The van der Waals surface area contributed by atoms with E-state index in [4.69, 9.17) is 0 Å². The summed E-state index contributed by atoms with van der Waals surface area (Å²) in [5, 5.41) is 15.5. The molecule has 0 aliphatic heterocycles. The van der Waals surface area contributed by atoms with Crippen molar-refractivity contribution in [3.63, 3.8) is 0 Å². The molecule has 0 aromatic carbocycles. The highest BCUT2D eigenvalue weighted by Gasteiger charge is 2.32. The minimum atomic E-state index is 0.542. The third-order valence-electron chi connectivity index (χ3n) is 5.90. The molecule has 2 aliphatic rings. The fourth-order valence-electron chi connectivity index (χ4n) is 4.57. The fraction of sp³-hybridized carbons (Fsp3) is 0.632. The lowest BCUT2D eigenvalue weighted by molar-refractivity contribution is 0.150. The highest BCUT2D eigenvalue weighted by Crippen LogP contribution is 2.40. The van der Waals surface area contributed by atoms with Gasteiger partial charge in [-0.05, 0) is 43.2 Å². The molecule has 134 valence electrons. The number of aromatic nitrogens is 3. The van der Waals surface area contributed by atoms with Crippen LogP contribution in [-0.4, -0.2) is 33.6 Å². The SMILES string of the molecule is CN=C(NCc1nnc2ccccn12)NC1CCC2CCCCC2C1. The van der Waals surface area contributed by atoms with Gasteiger partial charge in [-0.15, -0.1) is 10.2 Å². The molecule has 2 heterocycles. The Labute approximate surface area is 149 Å². The Morgan fingerprint density at radius 2 is 2.04 bits per heavy atom. The molecule has 0 bridgehead atoms. The smallest absolute Gasteiger partial charge is 0.191 e. The van der Waals surface area contributed by atoms with E-state index in [0.717, 1.165) is 29.3 Å². The van der Waals surface area contributed by atoms with Gasteiger partial charge >= 0.3 is 0 Å². The molecule has 3 atom stereocenters. The van der Waals surface area contributed by atoms with Gasteiger partial charge in [0.25, 0.3) is 0 Å². The van der Waals surface area contributed by atoms with E-state index in [1.54, 1.807) is 0 Å². The van der Waals surface area contributed by atoms with E-state index >= 15 is 0 Å². The summed E-state index contributed by atoms with van der Waals surface area (Å²) in [7, 11) is 1.84. The zero-order chi connectivity index (χ0) is 17.1. The molecule has 3 unspecified atom stereocenters. The summed E-state index contributed by atoms with van der Waals surface area (Å²) in [5.41, 5.74) is 0.873. The van der Waals surface area contributed by atoms with Crippen molar-refractivity contribution in [3.05, 3.63) is 30.2 Å². The summed E-state index contributed by atoms with van der Waals surface area (Å²) in [4.78, 5) is 4.40. The number of pyridine rings is 1. The zero-order valence-electron chi connectivity index (χ0n) is 15.0. The number of guanidine groups is 1. The summed E-state index contributed by atoms with van der Waals surface area (Å²) in [5.74, 6) is 3.66. The van der Waals surface area contributed by atoms with Crippen molar-refractivity contribution in [2.24, 2.45) is 16.8 Å². The standard InChI is InChI=1S/C19H28N6/c1-20-19(21-13-18-24-23-17-8-4-5-11-25(17)18)22-16-10-9-14-6-2-3-7-15(14)12-16/h4-5,8,11,14-16H,2-3,6-7,9-10,12-13H2,1H3,(H2,20,21,22). The van der Waals surface area contributed by atoms with Crippen LogP contribution < -0.4 is 10.6 Å². The van der Waals surface area contributed by atoms with Crippen LogP contribution in [0.3, 0.4) is 0 Å². The summed E-state index contributed by atoms with van der Waals surface area (Å²) in [6.45, 7) is 0.615. The molecule has 2 aromatic heterocycles. The lowest BCUT2D eigenvalue weighted by atomic mass is 9.69. The van der Waals surface area contributed by atoms with Gasteiger partial charge in [0, 0.05) is 19.3 Å². The maximum Gasteiger partial charge on any atom is 0.191 e. The number of aliphatic imine (C=N–C) groups is 1. The van der Waals surface area contributed by atoms with Gasteiger partial charge in [0.2, 0.25) is 0 Å². The first-order chi connectivity index (χ1) is 12.3. The monoisotopic (exact) mass is 340 g/mol. The van der Waals surface area contributed by atoms with E-state index in [-0.39, 0.29) is 0 Å². The maximum absolute atomic E-state index is 4.40. The minimum Gasteiger partial charge on any atom is -0.354 e. The summed E-state index contributed by atoms with van der Waals surface area (Å²) >= 11 is 0.